The topological polar surface area (TPSA) is 75.3 Å². The molecule has 1 amide bonds. The van der Waals surface area contributed by atoms with Crippen LogP contribution in [0.25, 0.3) is 6.08 Å². The van der Waals surface area contributed by atoms with Gasteiger partial charge in [-0.15, -0.1) is 6.42 Å². The molecule has 2 rings (SSSR count). The lowest BCUT2D eigenvalue weighted by Crippen LogP contribution is -2.23. The Hall–Kier alpha value is -3.04. The Kier molecular flexibility index (Phi) is 5.77. The van der Waals surface area contributed by atoms with E-state index in [-0.39, 0.29) is 12.5 Å². The predicted molar refractivity (Wildman–Crippen MR) is 95.6 cm³/mol. The number of nitrogens with one attached hydrogen (secondary N) is 2. The molecule has 0 atom stereocenters. The van der Waals surface area contributed by atoms with E-state index in [0.717, 1.165) is 11.0 Å². The fraction of sp³-hybridized carbons (Fsp3) is 0.0556. The first kappa shape index (κ1) is 17.3. The molecule has 0 radical (unpaired) electrons. The lowest BCUT2D eigenvalue weighted by molar-refractivity contribution is 0.0958. The van der Waals surface area contributed by atoms with Crippen molar-refractivity contribution in [3.8, 4) is 12.3 Å². The van der Waals surface area contributed by atoms with Gasteiger partial charge in [-0.1, -0.05) is 36.3 Å². The molecule has 122 valence electrons. The van der Waals surface area contributed by atoms with E-state index in [0.29, 0.717) is 11.3 Å². The molecule has 0 unspecified atom stereocenters. The summed E-state index contributed by atoms with van der Waals surface area (Å²) in [5.41, 5.74) is 1.54. The summed E-state index contributed by atoms with van der Waals surface area (Å²) < 4.78 is 26.5. The zero-order valence-corrected chi connectivity index (χ0v) is 13.6. The summed E-state index contributed by atoms with van der Waals surface area (Å²) in [7, 11) is -3.64. The molecule has 0 bridgehead atoms. The van der Waals surface area contributed by atoms with Gasteiger partial charge in [-0.3, -0.25) is 9.52 Å². The molecule has 2 aromatic rings. The van der Waals surface area contributed by atoms with Crippen LogP contribution in [-0.2, 0) is 10.0 Å². The summed E-state index contributed by atoms with van der Waals surface area (Å²) in [6.45, 7) is 0.136. The average molecular weight is 340 g/mol. The second-order valence-electron chi connectivity index (χ2n) is 4.82. The van der Waals surface area contributed by atoms with Crippen LogP contribution in [0, 0.1) is 12.3 Å². The molecule has 0 aromatic heterocycles. The summed E-state index contributed by atoms with van der Waals surface area (Å²) in [5, 5.41) is 3.62. The van der Waals surface area contributed by atoms with Gasteiger partial charge in [0.2, 0.25) is 0 Å². The van der Waals surface area contributed by atoms with Crippen LogP contribution in [0.1, 0.15) is 15.9 Å². The number of carbonyl (C=O) groups excluding carboxylic acids is 1. The van der Waals surface area contributed by atoms with Gasteiger partial charge in [-0.25, -0.2) is 8.42 Å². The van der Waals surface area contributed by atoms with Crippen LogP contribution in [0.2, 0.25) is 0 Å². The van der Waals surface area contributed by atoms with Crippen molar-refractivity contribution < 1.29 is 13.2 Å². The minimum atomic E-state index is -3.64. The molecule has 2 aromatic carbocycles. The smallest absolute Gasteiger partial charge is 0.255 e. The molecular formula is C18H16N2O3S. The molecule has 0 fully saturated rings. The zero-order valence-electron chi connectivity index (χ0n) is 12.8. The highest BCUT2D eigenvalue weighted by Crippen LogP contribution is 2.13. The maximum Gasteiger partial charge on any atom is 0.255 e. The zero-order chi connectivity index (χ0) is 17.4. The van der Waals surface area contributed by atoms with E-state index in [1.54, 1.807) is 12.1 Å². The summed E-state index contributed by atoms with van der Waals surface area (Å²) >= 11 is 0. The SMILES string of the molecule is C#CCNC(=O)c1ccc(NS(=O)(=O)/C=C/c2ccccc2)cc1. The van der Waals surface area contributed by atoms with E-state index in [1.807, 2.05) is 18.2 Å². The molecule has 0 aliphatic rings. The van der Waals surface area contributed by atoms with Gasteiger partial charge in [-0.2, -0.15) is 0 Å². The first-order valence-corrected chi connectivity index (χ1v) is 8.62. The molecule has 24 heavy (non-hydrogen) atoms. The van der Waals surface area contributed by atoms with Crippen molar-refractivity contribution in [3.05, 3.63) is 71.1 Å². The standard InChI is InChI=1S/C18H16N2O3S/c1-2-13-19-18(21)16-8-10-17(11-9-16)20-24(22,23)14-12-15-6-4-3-5-7-15/h1,3-12,14,20H,13H2,(H,19,21)/b14-12+. The van der Waals surface area contributed by atoms with Gasteiger partial charge in [-0.05, 0) is 35.9 Å². The van der Waals surface area contributed by atoms with Crippen molar-refractivity contribution in [2.45, 2.75) is 0 Å². The van der Waals surface area contributed by atoms with Gasteiger partial charge in [0.1, 0.15) is 0 Å². The number of carbonyl (C=O) groups is 1. The maximum absolute atomic E-state index is 12.0. The van der Waals surface area contributed by atoms with E-state index >= 15 is 0 Å². The van der Waals surface area contributed by atoms with E-state index in [9.17, 15) is 13.2 Å². The minimum absolute atomic E-state index is 0.136. The monoisotopic (exact) mass is 340 g/mol. The third kappa shape index (κ3) is 5.30. The Labute approximate surface area is 141 Å². The van der Waals surface area contributed by atoms with Crippen molar-refractivity contribution in [1.82, 2.24) is 5.32 Å². The van der Waals surface area contributed by atoms with Crippen molar-refractivity contribution in [2.24, 2.45) is 0 Å². The summed E-state index contributed by atoms with van der Waals surface area (Å²) in [6, 6.07) is 15.2. The highest BCUT2D eigenvalue weighted by Gasteiger charge is 2.08. The van der Waals surface area contributed by atoms with Crippen LogP contribution in [0.15, 0.2) is 60.0 Å². The van der Waals surface area contributed by atoms with Gasteiger partial charge in [0.05, 0.1) is 12.0 Å². The van der Waals surface area contributed by atoms with Crippen LogP contribution < -0.4 is 10.0 Å². The number of anilines is 1. The Morgan fingerprint density at radius 2 is 1.75 bits per heavy atom. The lowest BCUT2D eigenvalue weighted by Gasteiger charge is -2.06. The fourth-order valence-corrected chi connectivity index (χ4v) is 2.72. The molecule has 0 saturated heterocycles. The molecule has 5 nitrogen and oxygen atoms in total. The Morgan fingerprint density at radius 3 is 2.38 bits per heavy atom. The lowest BCUT2D eigenvalue weighted by atomic mass is 10.2. The minimum Gasteiger partial charge on any atom is -0.341 e. The highest BCUT2D eigenvalue weighted by atomic mass is 32.2. The molecule has 0 heterocycles. The quantitative estimate of drug-likeness (QED) is 0.793. The first-order valence-electron chi connectivity index (χ1n) is 7.08. The second-order valence-corrected chi connectivity index (χ2v) is 6.39. The van der Waals surface area contributed by atoms with E-state index in [4.69, 9.17) is 6.42 Å². The van der Waals surface area contributed by atoms with Crippen LogP contribution in [-0.4, -0.2) is 20.9 Å². The van der Waals surface area contributed by atoms with Crippen LogP contribution in [0.3, 0.4) is 0 Å². The number of benzene rings is 2. The maximum atomic E-state index is 12.0. The number of terminal acetylenes is 1. The molecule has 2 N–H and O–H groups in total. The Bertz CT molecular complexity index is 865. The van der Waals surface area contributed by atoms with Gasteiger partial charge < -0.3 is 5.32 Å². The fourth-order valence-electron chi connectivity index (χ4n) is 1.85. The first-order chi connectivity index (χ1) is 11.5. The summed E-state index contributed by atoms with van der Waals surface area (Å²) in [6.07, 6.45) is 6.57. The van der Waals surface area contributed by atoms with Crippen LogP contribution in [0.5, 0.6) is 0 Å². The van der Waals surface area contributed by atoms with Gasteiger partial charge >= 0.3 is 0 Å². The Morgan fingerprint density at radius 1 is 1.08 bits per heavy atom. The van der Waals surface area contributed by atoms with Gasteiger partial charge in [0.15, 0.2) is 0 Å². The average Bonchev–Trinajstić information content (AvgIpc) is 2.59. The number of amides is 1. The van der Waals surface area contributed by atoms with Crippen molar-refractivity contribution in [1.29, 1.82) is 0 Å². The van der Waals surface area contributed by atoms with Crippen molar-refractivity contribution in [3.63, 3.8) is 0 Å². The number of hydrogen-bond donors (Lipinski definition) is 2. The molecule has 0 aliphatic carbocycles. The van der Waals surface area contributed by atoms with Gasteiger partial charge in [0.25, 0.3) is 15.9 Å². The normalized spacial score (nSPS) is 11.0. The largest absolute Gasteiger partial charge is 0.341 e. The van der Waals surface area contributed by atoms with E-state index in [1.165, 1.54) is 30.3 Å². The van der Waals surface area contributed by atoms with E-state index < -0.39 is 10.0 Å². The number of hydrogen-bond acceptors (Lipinski definition) is 3. The Balaban J connectivity index is 2.03. The molecule has 6 heteroatoms. The summed E-state index contributed by atoms with van der Waals surface area (Å²) in [5.74, 6) is 1.99. The molecule has 0 saturated carbocycles. The molecular weight excluding hydrogens is 324 g/mol. The van der Waals surface area contributed by atoms with E-state index in [2.05, 4.69) is 16.0 Å². The molecule has 0 aliphatic heterocycles. The number of sulfonamides is 1. The van der Waals surface area contributed by atoms with Crippen molar-refractivity contribution in [2.75, 3.05) is 11.3 Å². The van der Waals surface area contributed by atoms with Gasteiger partial charge in [0, 0.05) is 11.3 Å². The van der Waals surface area contributed by atoms with Crippen LogP contribution in [0.4, 0.5) is 5.69 Å². The number of rotatable bonds is 6. The highest BCUT2D eigenvalue weighted by molar-refractivity contribution is 7.95. The predicted octanol–water partition coefficient (Wildman–Crippen LogP) is 2.46. The summed E-state index contributed by atoms with van der Waals surface area (Å²) in [4.78, 5) is 11.7. The molecule has 0 spiro atoms. The third-order valence-corrected chi connectivity index (χ3v) is 4.01. The van der Waals surface area contributed by atoms with Crippen LogP contribution >= 0.6 is 0 Å². The second kappa shape index (κ2) is 7.99. The third-order valence-electron chi connectivity index (χ3n) is 3.00. The van der Waals surface area contributed by atoms with Crippen molar-refractivity contribution >= 4 is 27.7 Å².